The van der Waals surface area contributed by atoms with Crippen molar-refractivity contribution in [3.8, 4) is 0 Å². The molecule has 0 bridgehead atoms. The van der Waals surface area contributed by atoms with Crippen LogP contribution in [0.2, 0.25) is 0 Å². The molecule has 3 nitrogen and oxygen atoms in total. The van der Waals surface area contributed by atoms with Gasteiger partial charge in [0.25, 0.3) is 0 Å². The number of nitrogens with zero attached hydrogens (tertiary/aromatic N) is 1. The van der Waals surface area contributed by atoms with Crippen LogP contribution in [0, 0.1) is 0 Å². The molecule has 1 atom stereocenters. The normalized spacial score (nSPS) is 26.8. The molecule has 1 unspecified atom stereocenters. The van der Waals surface area contributed by atoms with Gasteiger partial charge in [0.1, 0.15) is 6.17 Å². The lowest BCUT2D eigenvalue weighted by molar-refractivity contribution is 0.342. The Labute approximate surface area is 72.6 Å². The number of rotatable bonds is 2. The maximum Gasteiger partial charge on any atom is 0.216 e. The van der Waals surface area contributed by atoms with Crippen LogP contribution in [0.15, 0.2) is 0 Å². The summed E-state index contributed by atoms with van der Waals surface area (Å²) in [5.41, 5.74) is 0. The van der Waals surface area contributed by atoms with E-state index >= 15 is 0 Å². The van der Waals surface area contributed by atoms with Crippen molar-refractivity contribution >= 4 is 10.0 Å². The van der Waals surface area contributed by atoms with Gasteiger partial charge < -0.3 is 0 Å². The van der Waals surface area contributed by atoms with E-state index in [1.54, 1.807) is 13.8 Å². The van der Waals surface area contributed by atoms with Crippen LogP contribution in [0.4, 0.5) is 4.39 Å². The second-order valence-electron chi connectivity index (χ2n) is 3.34. The molecule has 0 aromatic rings. The summed E-state index contributed by atoms with van der Waals surface area (Å²) in [6.45, 7) is 3.60. The van der Waals surface area contributed by atoms with Gasteiger partial charge in [0.05, 0.1) is 5.25 Å². The maximum atomic E-state index is 12.7. The second kappa shape index (κ2) is 3.30. The molecular formula is C7H14FNO2S. The van der Waals surface area contributed by atoms with E-state index in [9.17, 15) is 12.8 Å². The van der Waals surface area contributed by atoms with Crippen LogP contribution in [-0.4, -0.2) is 37.2 Å². The standard InChI is InChI=1S/C7H14FNO2S/c1-6(2)12(10,11)9-4-3-7(8)5-9/h6-7H,3-5H2,1-2H3. The molecule has 1 fully saturated rings. The maximum absolute atomic E-state index is 12.7. The predicted molar refractivity (Wildman–Crippen MR) is 45.1 cm³/mol. The Morgan fingerprint density at radius 2 is 2.08 bits per heavy atom. The third-order valence-electron chi connectivity index (χ3n) is 2.05. The summed E-state index contributed by atoms with van der Waals surface area (Å²) in [6, 6.07) is 0. The number of sulfonamides is 1. The number of hydrogen-bond acceptors (Lipinski definition) is 2. The van der Waals surface area contributed by atoms with Crippen LogP contribution in [0.3, 0.4) is 0 Å². The van der Waals surface area contributed by atoms with E-state index in [4.69, 9.17) is 0 Å². The Morgan fingerprint density at radius 3 is 2.42 bits per heavy atom. The van der Waals surface area contributed by atoms with Crippen LogP contribution in [0.25, 0.3) is 0 Å². The molecule has 0 aromatic heterocycles. The lowest BCUT2D eigenvalue weighted by Gasteiger charge is -2.17. The summed E-state index contributed by atoms with van der Waals surface area (Å²) in [7, 11) is -3.22. The first-order valence-electron chi connectivity index (χ1n) is 4.07. The second-order valence-corrected chi connectivity index (χ2v) is 5.83. The highest BCUT2D eigenvalue weighted by Crippen LogP contribution is 2.18. The first-order chi connectivity index (χ1) is 5.44. The summed E-state index contributed by atoms with van der Waals surface area (Å²) >= 11 is 0. The van der Waals surface area contributed by atoms with Crippen molar-refractivity contribution in [3.05, 3.63) is 0 Å². The Balaban J connectivity index is 2.71. The van der Waals surface area contributed by atoms with Crippen molar-refractivity contribution in [3.63, 3.8) is 0 Å². The van der Waals surface area contributed by atoms with Gasteiger partial charge in [0, 0.05) is 13.1 Å². The van der Waals surface area contributed by atoms with Crippen molar-refractivity contribution in [2.75, 3.05) is 13.1 Å². The Bertz CT molecular complexity index is 250. The highest BCUT2D eigenvalue weighted by Gasteiger charge is 2.32. The number of halogens is 1. The Morgan fingerprint density at radius 1 is 1.50 bits per heavy atom. The monoisotopic (exact) mass is 195 g/mol. The summed E-state index contributed by atoms with van der Waals surface area (Å²) in [5.74, 6) is 0. The average molecular weight is 195 g/mol. The van der Waals surface area contributed by atoms with Gasteiger partial charge in [-0.3, -0.25) is 0 Å². The van der Waals surface area contributed by atoms with Crippen molar-refractivity contribution < 1.29 is 12.8 Å². The Hall–Kier alpha value is -0.160. The zero-order valence-electron chi connectivity index (χ0n) is 7.33. The van der Waals surface area contributed by atoms with E-state index < -0.39 is 21.4 Å². The number of alkyl halides is 1. The zero-order valence-corrected chi connectivity index (χ0v) is 8.14. The molecule has 0 N–H and O–H groups in total. The highest BCUT2D eigenvalue weighted by molar-refractivity contribution is 7.89. The molecule has 0 amide bonds. The molecule has 1 aliphatic rings. The molecule has 72 valence electrons. The van der Waals surface area contributed by atoms with E-state index in [1.165, 1.54) is 4.31 Å². The lowest BCUT2D eigenvalue weighted by atomic mass is 10.4. The van der Waals surface area contributed by atoms with E-state index in [2.05, 4.69) is 0 Å². The van der Waals surface area contributed by atoms with Gasteiger partial charge in [-0.25, -0.2) is 12.8 Å². The fourth-order valence-electron chi connectivity index (χ4n) is 1.22. The SMILES string of the molecule is CC(C)S(=O)(=O)N1CCC(F)C1. The third-order valence-corrected chi connectivity index (χ3v) is 4.29. The average Bonchev–Trinajstić information content (AvgIpc) is 2.35. The zero-order chi connectivity index (χ0) is 9.35. The van der Waals surface area contributed by atoms with Crippen LogP contribution in [0.1, 0.15) is 20.3 Å². The quantitative estimate of drug-likeness (QED) is 0.652. The smallest absolute Gasteiger partial charge is 0.216 e. The fourth-order valence-corrected chi connectivity index (χ4v) is 2.54. The molecule has 5 heteroatoms. The van der Waals surface area contributed by atoms with Gasteiger partial charge in [0.15, 0.2) is 0 Å². The van der Waals surface area contributed by atoms with E-state index in [-0.39, 0.29) is 6.54 Å². The summed E-state index contributed by atoms with van der Waals surface area (Å²) < 4.78 is 36.8. The Kier molecular flexibility index (Phi) is 2.73. The van der Waals surface area contributed by atoms with Gasteiger partial charge in [-0.15, -0.1) is 0 Å². The van der Waals surface area contributed by atoms with E-state index in [1.807, 2.05) is 0 Å². The van der Waals surface area contributed by atoms with Crippen molar-refractivity contribution in [1.82, 2.24) is 4.31 Å². The van der Waals surface area contributed by atoms with Gasteiger partial charge in [-0.1, -0.05) is 0 Å². The molecule has 0 aliphatic carbocycles. The minimum atomic E-state index is -3.22. The minimum Gasteiger partial charge on any atom is -0.246 e. The van der Waals surface area contributed by atoms with Gasteiger partial charge in [-0.05, 0) is 20.3 Å². The van der Waals surface area contributed by atoms with E-state index in [0.717, 1.165) is 0 Å². The fraction of sp³-hybridized carbons (Fsp3) is 1.00. The molecular weight excluding hydrogens is 181 g/mol. The van der Waals surface area contributed by atoms with Crippen LogP contribution in [0.5, 0.6) is 0 Å². The largest absolute Gasteiger partial charge is 0.246 e. The molecule has 0 spiro atoms. The first kappa shape index (κ1) is 9.92. The molecule has 0 radical (unpaired) electrons. The van der Waals surface area contributed by atoms with Crippen molar-refractivity contribution in [1.29, 1.82) is 0 Å². The molecule has 1 heterocycles. The lowest BCUT2D eigenvalue weighted by Crippen LogP contribution is -2.34. The molecule has 0 aromatic carbocycles. The highest BCUT2D eigenvalue weighted by atomic mass is 32.2. The van der Waals surface area contributed by atoms with E-state index in [0.29, 0.717) is 13.0 Å². The van der Waals surface area contributed by atoms with Crippen molar-refractivity contribution in [2.45, 2.75) is 31.7 Å². The predicted octanol–water partition coefficient (Wildman–Crippen LogP) is 0.768. The molecule has 1 aliphatic heterocycles. The minimum absolute atomic E-state index is 0.0422. The molecule has 1 saturated heterocycles. The molecule has 0 saturated carbocycles. The number of hydrogen-bond donors (Lipinski definition) is 0. The van der Waals surface area contributed by atoms with Gasteiger partial charge >= 0.3 is 0 Å². The topological polar surface area (TPSA) is 37.4 Å². The third kappa shape index (κ3) is 1.77. The molecule has 12 heavy (non-hydrogen) atoms. The first-order valence-corrected chi connectivity index (χ1v) is 5.58. The van der Waals surface area contributed by atoms with Crippen LogP contribution >= 0.6 is 0 Å². The van der Waals surface area contributed by atoms with Crippen LogP contribution in [-0.2, 0) is 10.0 Å². The van der Waals surface area contributed by atoms with Gasteiger partial charge in [-0.2, -0.15) is 4.31 Å². The van der Waals surface area contributed by atoms with Crippen molar-refractivity contribution in [2.24, 2.45) is 0 Å². The summed E-state index contributed by atoms with van der Waals surface area (Å²) in [6.07, 6.45) is -0.634. The molecule has 1 rings (SSSR count). The van der Waals surface area contributed by atoms with Gasteiger partial charge in [0.2, 0.25) is 10.0 Å². The summed E-state index contributed by atoms with van der Waals surface area (Å²) in [4.78, 5) is 0. The van der Waals surface area contributed by atoms with Crippen LogP contribution < -0.4 is 0 Å². The summed E-state index contributed by atoms with van der Waals surface area (Å²) in [5, 5.41) is -0.442.